The number of hydrogen-bond acceptors (Lipinski definition) is 1. The molecule has 1 N–H and O–H groups in total. The monoisotopic (exact) mass is 343 g/mol. The molecule has 1 aliphatic carbocycles. The Bertz CT molecular complexity index is 725. The standard InChI is InChI=1S/C18H15BrFN/c19-15-9-2-1-5-14(15)17-12-7-3-6-11(12)13-8-4-10-16(20)18(13)21-17/h1-6,8-12,17,21H,7H2/t11-,12+,17+/m1/s1. The minimum Gasteiger partial charge on any atom is -0.375 e. The molecule has 0 saturated carbocycles. The number of rotatable bonds is 1. The first-order valence-electron chi connectivity index (χ1n) is 7.22. The molecule has 0 amide bonds. The van der Waals surface area contributed by atoms with Crippen molar-refractivity contribution in [3.8, 4) is 0 Å². The Morgan fingerprint density at radius 3 is 2.71 bits per heavy atom. The molecule has 0 saturated heterocycles. The van der Waals surface area contributed by atoms with Crippen LogP contribution in [0.25, 0.3) is 0 Å². The first-order chi connectivity index (χ1) is 10.3. The summed E-state index contributed by atoms with van der Waals surface area (Å²) in [6.45, 7) is 0. The summed E-state index contributed by atoms with van der Waals surface area (Å²) in [5.74, 6) is 0.579. The number of benzene rings is 2. The summed E-state index contributed by atoms with van der Waals surface area (Å²) in [5, 5.41) is 3.45. The molecular weight excluding hydrogens is 329 g/mol. The van der Waals surface area contributed by atoms with Crippen LogP contribution in [0.5, 0.6) is 0 Å². The molecule has 1 aliphatic heterocycles. The molecule has 21 heavy (non-hydrogen) atoms. The highest BCUT2D eigenvalue weighted by Gasteiger charge is 2.39. The molecule has 0 spiro atoms. The summed E-state index contributed by atoms with van der Waals surface area (Å²) < 4.78 is 15.3. The van der Waals surface area contributed by atoms with Gasteiger partial charge in [0.05, 0.1) is 11.7 Å². The van der Waals surface area contributed by atoms with Crippen LogP contribution in [-0.2, 0) is 0 Å². The summed E-state index contributed by atoms with van der Waals surface area (Å²) in [5.41, 5.74) is 2.94. The molecule has 2 aromatic rings. The maximum absolute atomic E-state index is 14.2. The molecule has 0 aromatic heterocycles. The Morgan fingerprint density at radius 1 is 1.05 bits per heavy atom. The van der Waals surface area contributed by atoms with E-state index in [1.54, 1.807) is 6.07 Å². The van der Waals surface area contributed by atoms with Crippen molar-refractivity contribution >= 4 is 21.6 Å². The Balaban J connectivity index is 1.85. The zero-order valence-electron chi connectivity index (χ0n) is 11.4. The SMILES string of the molecule is Fc1cccc2c1N[C@H](c1ccccc1Br)[C@H]1CC=C[C@@H]21. The fraction of sp³-hybridized carbons (Fsp3) is 0.222. The Hall–Kier alpha value is -1.61. The third-order valence-corrected chi connectivity index (χ3v) is 5.31. The van der Waals surface area contributed by atoms with Gasteiger partial charge in [-0.1, -0.05) is 58.4 Å². The lowest BCUT2D eigenvalue weighted by atomic mass is 9.77. The molecule has 3 atom stereocenters. The van der Waals surface area contributed by atoms with Crippen LogP contribution in [0.4, 0.5) is 10.1 Å². The van der Waals surface area contributed by atoms with E-state index in [1.807, 2.05) is 24.3 Å². The number of nitrogens with one attached hydrogen (secondary N) is 1. The topological polar surface area (TPSA) is 12.0 Å². The number of hydrogen-bond donors (Lipinski definition) is 1. The van der Waals surface area contributed by atoms with Gasteiger partial charge in [0.2, 0.25) is 0 Å². The van der Waals surface area contributed by atoms with E-state index in [-0.39, 0.29) is 11.9 Å². The molecule has 3 heteroatoms. The normalized spacial score (nSPS) is 26.1. The summed E-state index contributed by atoms with van der Waals surface area (Å²) in [6.07, 6.45) is 5.48. The number of para-hydroxylation sites is 1. The molecule has 0 bridgehead atoms. The van der Waals surface area contributed by atoms with Crippen LogP contribution in [0.1, 0.15) is 29.5 Å². The van der Waals surface area contributed by atoms with Crippen molar-refractivity contribution in [2.24, 2.45) is 5.92 Å². The maximum Gasteiger partial charge on any atom is 0.146 e. The van der Waals surface area contributed by atoms with Crippen molar-refractivity contribution in [3.63, 3.8) is 0 Å². The van der Waals surface area contributed by atoms with Crippen LogP contribution < -0.4 is 5.32 Å². The van der Waals surface area contributed by atoms with Crippen molar-refractivity contribution in [1.82, 2.24) is 0 Å². The van der Waals surface area contributed by atoms with Gasteiger partial charge in [-0.3, -0.25) is 0 Å². The van der Waals surface area contributed by atoms with Gasteiger partial charge in [-0.2, -0.15) is 0 Å². The van der Waals surface area contributed by atoms with E-state index in [2.05, 4.69) is 39.5 Å². The highest BCUT2D eigenvalue weighted by Crippen LogP contribution is 2.51. The molecule has 2 aliphatic rings. The molecule has 1 heterocycles. The summed E-state index contributed by atoms with van der Waals surface area (Å²) in [6, 6.07) is 13.7. The van der Waals surface area contributed by atoms with Gasteiger partial charge in [-0.15, -0.1) is 0 Å². The van der Waals surface area contributed by atoms with Gasteiger partial charge in [-0.25, -0.2) is 4.39 Å². The predicted octanol–water partition coefficient (Wildman–Crippen LogP) is 5.41. The van der Waals surface area contributed by atoms with E-state index in [4.69, 9.17) is 0 Å². The van der Waals surface area contributed by atoms with Crippen molar-refractivity contribution in [1.29, 1.82) is 0 Å². The zero-order chi connectivity index (χ0) is 14.4. The number of anilines is 1. The van der Waals surface area contributed by atoms with Crippen molar-refractivity contribution in [2.45, 2.75) is 18.4 Å². The molecule has 0 unspecified atom stereocenters. The molecule has 0 radical (unpaired) electrons. The van der Waals surface area contributed by atoms with Crippen LogP contribution in [0, 0.1) is 11.7 Å². The fourth-order valence-corrected chi connectivity index (χ4v) is 4.15. The number of allylic oxidation sites excluding steroid dienone is 2. The third-order valence-electron chi connectivity index (χ3n) is 4.59. The van der Waals surface area contributed by atoms with E-state index in [1.165, 1.54) is 11.6 Å². The lowest BCUT2D eigenvalue weighted by Gasteiger charge is -2.38. The van der Waals surface area contributed by atoms with E-state index in [0.29, 0.717) is 17.5 Å². The van der Waals surface area contributed by atoms with Gasteiger partial charge in [-0.05, 0) is 35.6 Å². The summed E-state index contributed by atoms with van der Waals surface area (Å²) >= 11 is 3.63. The molecule has 1 nitrogen and oxygen atoms in total. The molecule has 4 rings (SSSR count). The highest BCUT2D eigenvalue weighted by atomic mass is 79.9. The third kappa shape index (κ3) is 2.03. The average Bonchev–Trinajstić information content (AvgIpc) is 2.97. The first-order valence-corrected chi connectivity index (χ1v) is 8.01. The molecular formula is C18H15BrFN. The van der Waals surface area contributed by atoms with E-state index in [0.717, 1.165) is 16.5 Å². The lowest BCUT2D eigenvalue weighted by Crippen LogP contribution is -2.29. The Morgan fingerprint density at radius 2 is 1.86 bits per heavy atom. The summed E-state index contributed by atoms with van der Waals surface area (Å²) in [7, 11) is 0. The van der Waals surface area contributed by atoms with E-state index in [9.17, 15) is 4.39 Å². The second-order valence-corrected chi connectivity index (χ2v) is 6.56. The minimum absolute atomic E-state index is 0.130. The number of fused-ring (bicyclic) bond motifs is 3. The van der Waals surface area contributed by atoms with Gasteiger partial charge in [0.1, 0.15) is 5.82 Å². The smallest absolute Gasteiger partial charge is 0.146 e. The second-order valence-electron chi connectivity index (χ2n) is 5.70. The van der Waals surface area contributed by atoms with Gasteiger partial charge in [0, 0.05) is 10.4 Å². The Kier molecular flexibility index (Phi) is 3.11. The Labute approximate surface area is 132 Å². The van der Waals surface area contributed by atoms with Crippen LogP contribution >= 0.6 is 15.9 Å². The van der Waals surface area contributed by atoms with Crippen molar-refractivity contribution in [2.75, 3.05) is 5.32 Å². The van der Waals surface area contributed by atoms with Crippen molar-refractivity contribution < 1.29 is 4.39 Å². The van der Waals surface area contributed by atoms with Crippen LogP contribution in [0.15, 0.2) is 59.1 Å². The first kappa shape index (κ1) is 13.1. The lowest BCUT2D eigenvalue weighted by molar-refractivity contribution is 0.420. The predicted molar refractivity (Wildman–Crippen MR) is 86.9 cm³/mol. The second kappa shape index (κ2) is 4.99. The quantitative estimate of drug-likeness (QED) is 0.682. The number of halogens is 2. The summed E-state index contributed by atoms with van der Waals surface area (Å²) in [4.78, 5) is 0. The minimum atomic E-state index is -0.164. The van der Waals surface area contributed by atoms with Crippen LogP contribution in [0.2, 0.25) is 0 Å². The van der Waals surface area contributed by atoms with Crippen LogP contribution in [-0.4, -0.2) is 0 Å². The molecule has 106 valence electrons. The van der Waals surface area contributed by atoms with Crippen LogP contribution in [0.3, 0.4) is 0 Å². The largest absolute Gasteiger partial charge is 0.375 e. The van der Waals surface area contributed by atoms with Gasteiger partial charge in [0.25, 0.3) is 0 Å². The molecule has 0 fully saturated rings. The van der Waals surface area contributed by atoms with E-state index >= 15 is 0 Å². The van der Waals surface area contributed by atoms with Gasteiger partial charge < -0.3 is 5.32 Å². The van der Waals surface area contributed by atoms with E-state index < -0.39 is 0 Å². The van der Waals surface area contributed by atoms with Crippen molar-refractivity contribution in [3.05, 3.63) is 76.0 Å². The zero-order valence-corrected chi connectivity index (χ0v) is 13.0. The molecule has 2 aromatic carbocycles. The van der Waals surface area contributed by atoms with Gasteiger partial charge in [0.15, 0.2) is 0 Å². The maximum atomic E-state index is 14.2. The van der Waals surface area contributed by atoms with Gasteiger partial charge >= 0.3 is 0 Å². The fourth-order valence-electron chi connectivity index (χ4n) is 3.62. The average molecular weight is 344 g/mol. The highest BCUT2D eigenvalue weighted by molar-refractivity contribution is 9.10.